The van der Waals surface area contributed by atoms with Gasteiger partial charge in [0.15, 0.2) is 0 Å². The van der Waals surface area contributed by atoms with Crippen LogP contribution >= 0.6 is 0 Å². The molecule has 0 aliphatic rings. The van der Waals surface area contributed by atoms with E-state index in [1.54, 1.807) is 18.5 Å². The Labute approximate surface area is 58.2 Å². The number of nitrogens with one attached hydrogen (secondary N) is 2. The van der Waals surface area contributed by atoms with Crippen LogP contribution in [0.4, 0.5) is 10.5 Å². The predicted octanol–water partition coefficient (Wildman–Crippen LogP) is 1.19. The van der Waals surface area contributed by atoms with Crippen LogP contribution in [0, 0.1) is 0 Å². The summed E-state index contributed by atoms with van der Waals surface area (Å²) in [7, 11) is 1.32. The molecule has 4 nitrogen and oxygen atoms in total. The van der Waals surface area contributed by atoms with Crippen LogP contribution in [-0.4, -0.2) is 18.2 Å². The molecule has 2 N–H and O–H groups in total. The van der Waals surface area contributed by atoms with E-state index in [9.17, 15) is 4.79 Å². The Morgan fingerprint density at radius 1 is 1.80 bits per heavy atom. The first-order valence-corrected chi connectivity index (χ1v) is 2.80. The number of aromatic nitrogens is 1. The molecule has 10 heavy (non-hydrogen) atoms. The molecular formula is C6H8N2O2. The van der Waals surface area contributed by atoms with Gasteiger partial charge >= 0.3 is 6.09 Å². The van der Waals surface area contributed by atoms with Crippen LogP contribution in [0.15, 0.2) is 18.5 Å². The maximum atomic E-state index is 10.5. The molecule has 0 aromatic carbocycles. The van der Waals surface area contributed by atoms with Crippen LogP contribution in [0.3, 0.4) is 0 Å². The number of carbonyl (C=O) groups excluding carboxylic acids is 1. The van der Waals surface area contributed by atoms with Gasteiger partial charge in [-0.15, -0.1) is 0 Å². The van der Waals surface area contributed by atoms with E-state index in [2.05, 4.69) is 15.0 Å². The minimum Gasteiger partial charge on any atom is -0.453 e. The highest BCUT2D eigenvalue weighted by Gasteiger charge is 1.97. The molecule has 0 atom stereocenters. The van der Waals surface area contributed by atoms with Crippen molar-refractivity contribution < 1.29 is 9.53 Å². The monoisotopic (exact) mass is 140 g/mol. The minimum atomic E-state index is -0.459. The summed E-state index contributed by atoms with van der Waals surface area (Å²) in [6, 6.07) is 1.73. The summed E-state index contributed by atoms with van der Waals surface area (Å²) >= 11 is 0. The van der Waals surface area contributed by atoms with Gasteiger partial charge < -0.3 is 9.72 Å². The van der Waals surface area contributed by atoms with Crippen LogP contribution < -0.4 is 5.32 Å². The van der Waals surface area contributed by atoms with Gasteiger partial charge in [0.1, 0.15) is 0 Å². The smallest absolute Gasteiger partial charge is 0.411 e. The molecule has 1 amide bonds. The van der Waals surface area contributed by atoms with Crippen LogP contribution in [-0.2, 0) is 4.74 Å². The number of hydrogen-bond acceptors (Lipinski definition) is 2. The number of anilines is 1. The molecule has 0 aliphatic heterocycles. The zero-order valence-electron chi connectivity index (χ0n) is 5.55. The van der Waals surface area contributed by atoms with Crippen molar-refractivity contribution in [3.63, 3.8) is 0 Å². The lowest BCUT2D eigenvalue weighted by atomic mass is 10.5. The molecule has 0 saturated carbocycles. The highest BCUT2D eigenvalue weighted by atomic mass is 16.5. The summed E-state index contributed by atoms with van der Waals surface area (Å²) in [5.41, 5.74) is 0.701. The molecule has 54 valence electrons. The summed E-state index contributed by atoms with van der Waals surface area (Å²) in [4.78, 5) is 13.3. The van der Waals surface area contributed by atoms with Gasteiger partial charge in [0.05, 0.1) is 12.8 Å². The van der Waals surface area contributed by atoms with Crippen LogP contribution in [0.2, 0.25) is 0 Å². The standard InChI is InChI=1S/C6H8N2O2/c1-10-6(9)8-5-2-3-7-4-5/h2-4,7H,1H3,(H,8,9). The fourth-order valence-corrected chi connectivity index (χ4v) is 0.571. The summed E-state index contributed by atoms with van der Waals surface area (Å²) in [6.45, 7) is 0. The van der Waals surface area contributed by atoms with E-state index in [-0.39, 0.29) is 0 Å². The van der Waals surface area contributed by atoms with Crippen molar-refractivity contribution in [3.8, 4) is 0 Å². The number of amides is 1. The Morgan fingerprint density at radius 2 is 2.60 bits per heavy atom. The Balaban J connectivity index is 2.48. The maximum Gasteiger partial charge on any atom is 0.411 e. The third kappa shape index (κ3) is 1.51. The van der Waals surface area contributed by atoms with Gasteiger partial charge in [0.25, 0.3) is 0 Å². The highest BCUT2D eigenvalue weighted by molar-refractivity contribution is 5.84. The lowest BCUT2D eigenvalue weighted by molar-refractivity contribution is 0.187. The number of rotatable bonds is 1. The van der Waals surface area contributed by atoms with Crippen LogP contribution in [0.5, 0.6) is 0 Å². The summed E-state index contributed by atoms with van der Waals surface area (Å²) < 4.78 is 4.36. The first-order chi connectivity index (χ1) is 4.83. The van der Waals surface area contributed by atoms with Gasteiger partial charge in [-0.05, 0) is 6.07 Å². The average Bonchev–Trinajstić information content (AvgIpc) is 2.40. The molecule has 1 heterocycles. The first-order valence-electron chi connectivity index (χ1n) is 2.80. The zero-order valence-corrected chi connectivity index (χ0v) is 5.55. The molecular weight excluding hydrogens is 132 g/mol. The van der Waals surface area contributed by atoms with Crippen molar-refractivity contribution in [1.29, 1.82) is 0 Å². The number of aromatic amines is 1. The highest BCUT2D eigenvalue weighted by Crippen LogP contribution is 2.02. The fourth-order valence-electron chi connectivity index (χ4n) is 0.571. The summed E-state index contributed by atoms with van der Waals surface area (Å²) in [6.07, 6.45) is 2.92. The van der Waals surface area contributed by atoms with Crippen molar-refractivity contribution in [2.24, 2.45) is 0 Å². The number of ether oxygens (including phenoxy) is 1. The van der Waals surface area contributed by atoms with E-state index in [0.717, 1.165) is 0 Å². The second kappa shape index (κ2) is 2.91. The SMILES string of the molecule is COC(=O)Nc1cc[nH]c1. The predicted molar refractivity (Wildman–Crippen MR) is 36.8 cm³/mol. The van der Waals surface area contributed by atoms with Gasteiger partial charge in [-0.25, -0.2) is 4.79 Å². The molecule has 0 saturated heterocycles. The molecule has 0 unspecified atom stereocenters. The number of H-pyrrole nitrogens is 1. The van der Waals surface area contributed by atoms with Crippen molar-refractivity contribution in [2.45, 2.75) is 0 Å². The van der Waals surface area contributed by atoms with Crippen molar-refractivity contribution in [2.75, 3.05) is 12.4 Å². The summed E-state index contributed by atoms with van der Waals surface area (Å²) in [5.74, 6) is 0. The molecule has 0 spiro atoms. The second-order valence-corrected chi connectivity index (χ2v) is 1.72. The van der Waals surface area contributed by atoms with E-state index in [1.165, 1.54) is 7.11 Å². The molecule has 1 rings (SSSR count). The van der Waals surface area contributed by atoms with E-state index in [0.29, 0.717) is 5.69 Å². The van der Waals surface area contributed by atoms with Crippen LogP contribution in [0.1, 0.15) is 0 Å². The van der Waals surface area contributed by atoms with E-state index >= 15 is 0 Å². The van der Waals surface area contributed by atoms with Crippen molar-refractivity contribution >= 4 is 11.8 Å². The van der Waals surface area contributed by atoms with Crippen molar-refractivity contribution in [1.82, 2.24) is 4.98 Å². The molecule has 1 aromatic rings. The second-order valence-electron chi connectivity index (χ2n) is 1.72. The van der Waals surface area contributed by atoms with E-state index in [1.807, 2.05) is 0 Å². The lowest BCUT2D eigenvalue weighted by Crippen LogP contribution is -2.09. The quantitative estimate of drug-likeness (QED) is 0.615. The molecule has 4 heteroatoms. The summed E-state index contributed by atoms with van der Waals surface area (Å²) in [5, 5.41) is 2.48. The lowest BCUT2D eigenvalue weighted by Gasteiger charge is -1.97. The van der Waals surface area contributed by atoms with Gasteiger partial charge in [0.2, 0.25) is 0 Å². The van der Waals surface area contributed by atoms with Gasteiger partial charge in [-0.2, -0.15) is 0 Å². The first kappa shape index (κ1) is 6.67. The number of methoxy groups -OCH3 is 1. The third-order valence-electron chi connectivity index (χ3n) is 1.03. The molecule has 0 radical (unpaired) electrons. The Kier molecular flexibility index (Phi) is 1.94. The van der Waals surface area contributed by atoms with Crippen molar-refractivity contribution in [3.05, 3.63) is 18.5 Å². The Morgan fingerprint density at radius 3 is 3.10 bits per heavy atom. The van der Waals surface area contributed by atoms with Gasteiger partial charge in [0, 0.05) is 12.4 Å². The molecule has 0 bridgehead atoms. The zero-order chi connectivity index (χ0) is 7.40. The largest absolute Gasteiger partial charge is 0.453 e. The van der Waals surface area contributed by atoms with E-state index < -0.39 is 6.09 Å². The third-order valence-corrected chi connectivity index (χ3v) is 1.03. The Hall–Kier alpha value is -1.45. The topological polar surface area (TPSA) is 54.1 Å². The number of carbonyl (C=O) groups is 1. The molecule has 0 aliphatic carbocycles. The van der Waals surface area contributed by atoms with Gasteiger partial charge in [-0.3, -0.25) is 5.32 Å². The fraction of sp³-hybridized carbons (Fsp3) is 0.167. The van der Waals surface area contributed by atoms with Crippen LogP contribution in [0.25, 0.3) is 0 Å². The maximum absolute atomic E-state index is 10.5. The normalized spacial score (nSPS) is 8.90. The number of hydrogen-bond donors (Lipinski definition) is 2. The Bertz CT molecular complexity index is 206. The molecule has 1 aromatic heterocycles. The molecule has 0 fully saturated rings. The van der Waals surface area contributed by atoms with E-state index in [4.69, 9.17) is 0 Å². The minimum absolute atomic E-state index is 0.459. The average molecular weight is 140 g/mol. The van der Waals surface area contributed by atoms with Gasteiger partial charge in [-0.1, -0.05) is 0 Å².